The molecule has 1 atom stereocenters. The van der Waals surface area contributed by atoms with Gasteiger partial charge in [0.1, 0.15) is 17.4 Å². The molecular weight excluding hydrogens is 443 g/mol. The number of hydrogen-bond donors (Lipinski definition) is 1. The van der Waals surface area contributed by atoms with Gasteiger partial charge in [0.15, 0.2) is 0 Å². The molecule has 0 amide bonds. The van der Waals surface area contributed by atoms with Gasteiger partial charge in [-0.05, 0) is 55.0 Å². The number of aryl methyl sites for hydroxylation is 1. The first-order chi connectivity index (χ1) is 17.2. The Balaban J connectivity index is 1.48. The zero-order chi connectivity index (χ0) is 23.9. The highest BCUT2D eigenvalue weighted by Gasteiger charge is 2.31. The number of aromatic nitrogens is 5. The molecule has 176 valence electrons. The van der Waals surface area contributed by atoms with Crippen LogP contribution in [-0.2, 0) is 13.0 Å². The molecule has 6 rings (SSSR count). The second-order valence-electron chi connectivity index (χ2n) is 8.67. The fraction of sp³-hybridized carbons (Fsp3) is 0.222. The molecule has 35 heavy (non-hydrogen) atoms. The van der Waals surface area contributed by atoms with Crippen molar-refractivity contribution in [3.63, 3.8) is 0 Å². The molecule has 2 aromatic carbocycles. The van der Waals surface area contributed by atoms with Crippen LogP contribution in [0.4, 0.5) is 10.3 Å². The van der Waals surface area contributed by atoms with Crippen LogP contribution in [0.15, 0.2) is 67.0 Å². The Hall–Kier alpha value is -4.20. The van der Waals surface area contributed by atoms with E-state index in [0.717, 1.165) is 64.5 Å². The summed E-state index contributed by atoms with van der Waals surface area (Å²) < 4.78 is 23.8. The minimum absolute atomic E-state index is 0.191. The monoisotopic (exact) mass is 468 g/mol. The van der Waals surface area contributed by atoms with E-state index in [4.69, 9.17) is 14.7 Å². The molecule has 0 radical (unpaired) electrons. The first-order valence-electron chi connectivity index (χ1n) is 11.7. The van der Waals surface area contributed by atoms with Crippen LogP contribution in [0.2, 0.25) is 0 Å². The fourth-order valence-electron chi connectivity index (χ4n) is 5.07. The number of methoxy groups -OCH3 is 1. The number of nitrogens with one attached hydrogen (secondary N) is 1. The maximum atomic E-state index is 13.7. The van der Waals surface area contributed by atoms with Crippen molar-refractivity contribution in [2.45, 2.75) is 25.4 Å². The molecule has 5 aromatic rings. The lowest BCUT2D eigenvalue weighted by molar-refractivity contribution is 0.419. The Kier molecular flexibility index (Phi) is 5.21. The smallest absolute Gasteiger partial charge is 0.222 e. The Labute approximate surface area is 202 Å². The molecule has 3 aromatic heterocycles. The van der Waals surface area contributed by atoms with Crippen molar-refractivity contribution in [1.82, 2.24) is 24.1 Å². The quantitative estimate of drug-likeness (QED) is 0.364. The van der Waals surface area contributed by atoms with Crippen LogP contribution in [0.25, 0.3) is 33.5 Å². The van der Waals surface area contributed by atoms with E-state index < -0.39 is 0 Å². The largest absolute Gasteiger partial charge is 0.496 e. The van der Waals surface area contributed by atoms with Crippen LogP contribution < -0.4 is 10.1 Å². The molecule has 1 aliphatic heterocycles. The van der Waals surface area contributed by atoms with Gasteiger partial charge in [-0.1, -0.05) is 6.07 Å². The van der Waals surface area contributed by atoms with Gasteiger partial charge in [0, 0.05) is 43.4 Å². The number of fused-ring (bicyclic) bond motifs is 2. The summed E-state index contributed by atoms with van der Waals surface area (Å²) in [5.74, 6) is 2.16. The van der Waals surface area contributed by atoms with Crippen molar-refractivity contribution in [2.24, 2.45) is 0 Å². The van der Waals surface area contributed by atoms with E-state index in [0.29, 0.717) is 5.95 Å². The van der Waals surface area contributed by atoms with Crippen LogP contribution in [-0.4, -0.2) is 38.2 Å². The van der Waals surface area contributed by atoms with E-state index in [1.165, 1.54) is 12.1 Å². The maximum Gasteiger partial charge on any atom is 0.222 e. The highest BCUT2D eigenvalue weighted by molar-refractivity contribution is 5.86. The van der Waals surface area contributed by atoms with Gasteiger partial charge in [-0.25, -0.2) is 19.3 Å². The molecule has 0 aliphatic carbocycles. The number of ether oxygens (including phenoxy) is 1. The first-order valence-corrected chi connectivity index (χ1v) is 11.7. The number of anilines is 1. The summed E-state index contributed by atoms with van der Waals surface area (Å²) in [6.07, 6.45) is 5.71. The number of halogens is 1. The Morgan fingerprint density at radius 2 is 1.94 bits per heavy atom. The van der Waals surface area contributed by atoms with Gasteiger partial charge in [-0.15, -0.1) is 0 Å². The number of rotatable bonds is 6. The van der Waals surface area contributed by atoms with Crippen LogP contribution in [0.3, 0.4) is 0 Å². The summed E-state index contributed by atoms with van der Waals surface area (Å²) in [5, 5.41) is 4.12. The Morgan fingerprint density at radius 1 is 1.09 bits per heavy atom. The summed E-state index contributed by atoms with van der Waals surface area (Å²) in [5.41, 5.74) is 4.53. The van der Waals surface area contributed by atoms with Crippen molar-refractivity contribution in [3.05, 3.63) is 78.6 Å². The van der Waals surface area contributed by atoms with Crippen molar-refractivity contribution < 1.29 is 9.13 Å². The lowest BCUT2D eigenvalue weighted by Crippen LogP contribution is -2.13. The van der Waals surface area contributed by atoms with Crippen molar-refractivity contribution in [2.75, 3.05) is 19.5 Å². The second-order valence-corrected chi connectivity index (χ2v) is 8.67. The van der Waals surface area contributed by atoms with Crippen LogP contribution in [0.1, 0.15) is 18.3 Å². The third kappa shape index (κ3) is 3.62. The predicted octanol–water partition coefficient (Wildman–Crippen LogP) is 5.34. The van der Waals surface area contributed by atoms with Gasteiger partial charge in [-0.3, -0.25) is 0 Å². The highest BCUT2D eigenvalue weighted by atomic mass is 19.1. The third-order valence-corrected chi connectivity index (χ3v) is 6.69. The number of nitrogens with zero attached hydrogens (tertiary/aromatic N) is 5. The highest BCUT2D eigenvalue weighted by Crippen LogP contribution is 2.40. The summed E-state index contributed by atoms with van der Waals surface area (Å²) in [4.78, 5) is 14.0. The normalized spacial score (nSPS) is 14.9. The predicted molar refractivity (Wildman–Crippen MR) is 134 cm³/mol. The zero-order valence-electron chi connectivity index (χ0n) is 19.6. The summed E-state index contributed by atoms with van der Waals surface area (Å²) in [6, 6.07) is 16.8. The van der Waals surface area contributed by atoms with Crippen LogP contribution >= 0.6 is 0 Å². The standard InChI is InChI=1S/C27H25FN6O/c1-29-27-30-14-12-21(31-27)26-25(17-6-8-18(28)9-7-17)32-24-11-10-19(34(24)26)16-33-15-13-20-22(33)4-3-5-23(20)35-2/h3-9,12-15,19H,10-11,16H2,1-2H3,(H,29,30,31)/t19-/m0/s1. The maximum absolute atomic E-state index is 13.7. The SMILES string of the molecule is CNc1nccc(-c2c(-c3ccc(F)cc3)nc3n2[C@H](Cn2ccc4c(OC)cccc42)CC3)n1. The second kappa shape index (κ2) is 8.54. The van der Waals surface area contributed by atoms with Crippen molar-refractivity contribution in [3.8, 4) is 28.4 Å². The molecule has 0 spiro atoms. The van der Waals surface area contributed by atoms with E-state index in [1.807, 2.05) is 18.2 Å². The lowest BCUT2D eigenvalue weighted by atomic mass is 10.1. The van der Waals surface area contributed by atoms with Crippen molar-refractivity contribution >= 4 is 16.9 Å². The van der Waals surface area contributed by atoms with Gasteiger partial charge in [-0.2, -0.15) is 0 Å². The molecule has 0 unspecified atom stereocenters. The topological polar surface area (TPSA) is 69.8 Å². The number of hydrogen-bond acceptors (Lipinski definition) is 5. The molecule has 0 saturated carbocycles. The minimum atomic E-state index is -0.269. The van der Waals surface area contributed by atoms with E-state index >= 15 is 0 Å². The van der Waals surface area contributed by atoms with Gasteiger partial charge >= 0.3 is 0 Å². The number of imidazole rings is 1. The Morgan fingerprint density at radius 3 is 2.74 bits per heavy atom. The molecule has 1 N–H and O–H groups in total. The zero-order valence-corrected chi connectivity index (χ0v) is 19.6. The fourth-order valence-corrected chi connectivity index (χ4v) is 5.07. The average molecular weight is 469 g/mol. The number of benzene rings is 2. The molecule has 0 saturated heterocycles. The summed E-state index contributed by atoms with van der Waals surface area (Å²) in [7, 11) is 3.50. The third-order valence-electron chi connectivity index (χ3n) is 6.69. The first kappa shape index (κ1) is 21.3. The molecule has 1 aliphatic rings. The van der Waals surface area contributed by atoms with Gasteiger partial charge in [0.05, 0.1) is 35.8 Å². The minimum Gasteiger partial charge on any atom is -0.496 e. The molecule has 0 bridgehead atoms. The van der Waals surface area contributed by atoms with E-state index in [2.05, 4.69) is 37.8 Å². The van der Waals surface area contributed by atoms with Crippen molar-refractivity contribution in [1.29, 1.82) is 0 Å². The van der Waals surface area contributed by atoms with Crippen LogP contribution in [0.5, 0.6) is 5.75 Å². The lowest BCUT2D eigenvalue weighted by Gasteiger charge is -2.19. The van der Waals surface area contributed by atoms with E-state index in [-0.39, 0.29) is 11.9 Å². The molecule has 4 heterocycles. The van der Waals surface area contributed by atoms with Gasteiger partial charge in [0.25, 0.3) is 0 Å². The molecular formula is C27H25FN6O. The van der Waals surface area contributed by atoms with Gasteiger partial charge in [0.2, 0.25) is 5.95 Å². The molecule has 7 nitrogen and oxygen atoms in total. The average Bonchev–Trinajstić information content (AvgIpc) is 3.59. The summed E-state index contributed by atoms with van der Waals surface area (Å²) in [6.45, 7) is 0.792. The van der Waals surface area contributed by atoms with Gasteiger partial charge < -0.3 is 19.2 Å². The summed E-state index contributed by atoms with van der Waals surface area (Å²) >= 11 is 0. The molecule has 8 heteroatoms. The van der Waals surface area contributed by atoms with E-state index in [1.54, 1.807) is 32.5 Å². The Bertz CT molecular complexity index is 1520. The van der Waals surface area contributed by atoms with E-state index in [9.17, 15) is 4.39 Å². The molecule has 0 fully saturated rings. The van der Waals surface area contributed by atoms with Crippen LogP contribution in [0, 0.1) is 5.82 Å².